The molecule has 0 saturated carbocycles. The zero-order chi connectivity index (χ0) is 16.2. The van der Waals surface area contributed by atoms with Crippen molar-refractivity contribution < 1.29 is 4.74 Å². The van der Waals surface area contributed by atoms with Crippen molar-refractivity contribution in [3.05, 3.63) is 47.3 Å². The second-order valence-corrected chi connectivity index (χ2v) is 6.24. The predicted octanol–water partition coefficient (Wildman–Crippen LogP) is 2.79. The van der Waals surface area contributed by atoms with Crippen LogP contribution in [0.2, 0.25) is 0 Å². The maximum Gasteiger partial charge on any atom is 0.218 e. The van der Waals surface area contributed by atoms with Gasteiger partial charge in [-0.15, -0.1) is 0 Å². The molecular formula is C18H24N4O. The second kappa shape index (κ2) is 6.96. The Morgan fingerprint density at radius 3 is 2.96 bits per heavy atom. The molecule has 122 valence electrons. The number of ether oxygens (including phenoxy) is 1. The summed E-state index contributed by atoms with van der Waals surface area (Å²) in [6.45, 7) is 7.49. The molecule has 1 saturated heterocycles. The Kier molecular flexibility index (Phi) is 4.76. The third-order valence-electron chi connectivity index (χ3n) is 4.37. The molecule has 3 rings (SSSR count). The lowest BCUT2D eigenvalue weighted by Gasteiger charge is -2.18. The molecule has 1 aromatic heterocycles. The molecule has 1 unspecified atom stereocenters. The van der Waals surface area contributed by atoms with Crippen molar-refractivity contribution in [2.45, 2.75) is 32.9 Å². The SMILES string of the molecule is COc1cc(NC2CCN(Cc3cc(C)ccc3C)C2)ncn1. The number of rotatable bonds is 5. The Morgan fingerprint density at radius 1 is 1.26 bits per heavy atom. The fourth-order valence-electron chi connectivity index (χ4n) is 3.04. The van der Waals surface area contributed by atoms with Crippen molar-refractivity contribution in [2.75, 3.05) is 25.5 Å². The average Bonchev–Trinajstić information content (AvgIpc) is 2.98. The summed E-state index contributed by atoms with van der Waals surface area (Å²) < 4.78 is 5.14. The highest BCUT2D eigenvalue weighted by Gasteiger charge is 2.23. The molecule has 5 heteroatoms. The molecule has 0 aliphatic carbocycles. The van der Waals surface area contributed by atoms with Crippen LogP contribution in [0.5, 0.6) is 5.88 Å². The molecule has 1 aliphatic heterocycles. The van der Waals surface area contributed by atoms with Crippen LogP contribution in [0.15, 0.2) is 30.6 Å². The van der Waals surface area contributed by atoms with Gasteiger partial charge in [0.05, 0.1) is 7.11 Å². The first-order valence-electron chi connectivity index (χ1n) is 8.05. The standard InChI is InChI=1S/C18H24N4O/c1-13-4-5-14(2)15(8-13)10-22-7-6-16(11-22)21-17-9-18(23-3)20-12-19-17/h4-5,8-9,12,16H,6-7,10-11H2,1-3H3,(H,19,20,21). The van der Waals surface area contributed by atoms with Crippen molar-refractivity contribution in [2.24, 2.45) is 0 Å². The number of hydrogen-bond acceptors (Lipinski definition) is 5. The maximum atomic E-state index is 5.14. The van der Waals surface area contributed by atoms with Crippen molar-refractivity contribution >= 4 is 5.82 Å². The molecule has 23 heavy (non-hydrogen) atoms. The van der Waals surface area contributed by atoms with Crippen molar-refractivity contribution in [1.82, 2.24) is 14.9 Å². The Labute approximate surface area is 137 Å². The minimum atomic E-state index is 0.416. The number of anilines is 1. The lowest BCUT2D eigenvalue weighted by Crippen LogP contribution is -2.26. The van der Waals surface area contributed by atoms with Crippen LogP contribution in [0.4, 0.5) is 5.82 Å². The van der Waals surface area contributed by atoms with Crippen LogP contribution in [-0.4, -0.2) is 41.1 Å². The van der Waals surface area contributed by atoms with E-state index in [1.807, 2.05) is 6.07 Å². The third kappa shape index (κ3) is 3.99. The van der Waals surface area contributed by atoms with Crippen LogP contribution < -0.4 is 10.1 Å². The molecule has 1 atom stereocenters. The molecule has 1 fully saturated rings. The minimum absolute atomic E-state index is 0.416. The van der Waals surface area contributed by atoms with Crippen LogP contribution >= 0.6 is 0 Å². The summed E-state index contributed by atoms with van der Waals surface area (Å²) in [4.78, 5) is 10.8. The van der Waals surface area contributed by atoms with Crippen LogP contribution in [-0.2, 0) is 6.54 Å². The van der Waals surface area contributed by atoms with E-state index in [2.05, 4.69) is 52.2 Å². The van der Waals surface area contributed by atoms with Gasteiger partial charge in [0.15, 0.2) is 0 Å². The summed E-state index contributed by atoms with van der Waals surface area (Å²) in [5.41, 5.74) is 4.12. The van der Waals surface area contributed by atoms with Crippen LogP contribution in [0.3, 0.4) is 0 Å². The van der Waals surface area contributed by atoms with Gasteiger partial charge in [0.1, 0.15) is 12.1 Å². The van der Waals surface area contributed by atoms with E-state index in [1.165, 1.54) is 23.0 Å². The zero-order valence-corrected chi connectivity index (χ0v) is 14.0. The van der Waals surface area contributed by atoms with E-state index in [-0.39, 0.29) is 0 Å². The number of nitrogens with one attached hydrogen (secondary N) is 1. The van der Waals surface area contributed by atoms with Crippen molar-refractivity contribution in [3.63, 3.8) is 0 Å². The van der Waals surface area contributed by atoms with E-state index < -0.39 is 0 Å². The lowest BCUT2D eigenvalue weighted by molar-refractivity contribution is 0.328. The molecule has 2 heterocycles. The Hall–Kier alpha value is -2.14. The van der Waals surface area contributed by atoms with Gasteiger partial charge in [-0.05, 0) is 31.4 Å². The van der Waals surface area contributed by atoms with E-state index in [4.69, 9.17) is 4.74 Å². The fourth-order valence-corrected chi connectivity index (χ4v) is 3.04. The Bertz CT molecular complexity index is 674. The highest BCUT2D eigenvalue weighted by Crippen LogP contribution is 2.20. The second-order valence-electron chi connectivity index (χ2n) is 6.24. The first-order chi connectivity index (χ1) is 11.1. The summed E-state index contributed by atoms with van der Waals surface area (Å²) in [5.74, 6) is 1.42. The van der Waals surface area contributed by atoms with Gasteiger partial charge in [-0.2, -0.15) is 0 Å². The number of benzene rings is 1. The molecular weight excluding hydrogens is 288 g/mol. The van der Waals surface area contributed by atoms with Crippen LogP contribution in [0.25, 0.3) is 0 Å². The van der Waals surface area contributed by atoms with E-state index in [0.717, 1.165) is 31.9 Å². The van der Waals surface area contributed by atoms with Gasteiger partial charge in [0.2, 0.25) is 5.88 Å². The van der Waals surface area contributed by atoms with Gasteiger partial charge in [-0.3, -0.25) is 4.90 Å². The number of aryl methyl sites for hydroxylation is 2. The largest absolute Gasteiger partial charge is 0.481 e. The third-order valence-corrected chi connectivity index (χ3v) is 4.37. The normalized spacial score (nSPS) is 18.1. The summed E-state index contributed by atoms with van der Waals surface area (Å²) in [6, 6.07) is 8.94. The first kappa shape index (κ1) is 15.7. The number of likely N-dealkylation sites (tertiary alicyclic amines) is 1. The number of methoxy groups -OCH3 is 1. The topological polar surface area (TPSA) is 50.3 Å². The quantitative estimate of drug-likeness (QED) is 0.920. The van der Waals surface area contributed by atoms with Gasteiger partial charge in [-0.1, -0.05) is 23.8 Å². The fraction of sp³-hybridized carbons (Fsp3) is 0.444. The zero-order valence-electron chi connectivity index (χ0n) is 14.0. The van der Waals surface area contributed by atoms with Gasteiger partial charge in [-0.25, -0.2) is 9.97 Å². The van der Waals surface area contributed by atoms with E-state index >= 15 is 0 Å². The first-order valence-corrected chi connectivity index (χ1v) is 8.05. The van der Waals surface area contributed by atoms with Crippen molar-refractivity contribution in [3.8, 4) is 5.88 Å². The summed E-state index contributed by atoms with van der Waals surface area (Å²) in [5, 5.41) is 3.48. The molecule has 0 spiro atoms. The van der Waals surface area contributed by atoms with Gasteiger partial charge >= 0.3 is 0 Å². The molecule has 5 nitrogen and oxygen atoms in total. The van der Waals surface area contributed by atoms with Crippen LogP contribution in [0, 0.1) is 13.8 Å². The van der Waals surface area contributed by atoms with E-state index in [0.29, 0.717) is 11.9 Å². The molecule has 2 aromatic rings. The predicted molar refractivity (Wildman–Crippen MR) is 91.8 cm³/mol. The molecule has 1 aliphatic rings. The molecule has 0 radical (unpaired) electrons. The number of aromatic nitrogens is 2. The molecule has 1 N–H and O–H groups in total. The monoisotopic (exact) mass is 312 g/mol. The summed E-state index contributed by atoms with van der Waals surface area (Å²) >= 11 is 0. The van der Waals surface area contributed by atoms with Crippen molar-refractivity contribution in [1.29, 1.82) is 0 Å². The van der Waals surface area contributed by atoms with Crippen LogP contribution in [0.1, 0.15) is 23.1 Å². The number of nitrogens with zero attached hydrogens (tertiary/aromatic N) is 3. The highest BCUT2D eigenvalue weighted by molar-refractivity contribution is 5.38. The molecule has 0 amide bonds. The Morgan fingerprint density at radius 2 is 2.13 bits per heavy atom. The smallest absolute Gasteiger partial charge is 0.218 e. The summed E-state index contributed by atoms with van der Waals surface area (Å²) in [6.07, 6.45) is 2.65. The Balaban J connectivity index is 1.59. The molecule has 1 aromatic carbocycles. The van der Waals surface area contributed by atoms with Gasteiger partial charge in [0.25, 0.3) is 0 Å². The van der Waals surface area contributed by atoms with E-state index in [9.17, 15) is 0 Å². The summed E-state index contributed by atoms with van der Waals surface area (Å²) in [7, 11) is 1.62. The van der Waals surface area contributed by atoms with E-state index in [1.54, 1.807) is 7.11 Å². The van der Waals surface area contributed by atoms with Gasteiger partial charge in [0, 0.05) is 31.7 Å². The molecule has 0 bridgehead atoms. The highest BCUT2D eigenvalue weighted by atomic mass is 16.5. The van der Waals surface area contributed by atoms with Gasteiger partial charge < -0.3 is 10.1 Å². The maximum absolute atomic E-state index is 5.14. The number of hydrogen-bond donors (Lipinski definition) is 1. The minimum Gasteiger partial charge on any atom is -0.481 e. The lowest BCUT2D eigenvalue weighted by atomic mass is 10.1. The average molecular weight is 312 g/mol.